The van der Waals surface area contributed by atoms with Crippen molar-refractivity contribution < 1.29 is 14.6 Å². The van der Waals surface area contributed by atoms with E-state index < -0.39 is 5.97 Å². The molecule has 1 heterocycles. The summed E-state index contributed by atoms with van der Waals surface area (Å²) in [6.45, 7) is 0.131. The van der Waals surface area contributed by atoms with Crippen molar-refractivity contribution in [1.29, 1.82) is 0 Å². The van der Waals surface area contributed by atoms with Gasteiger partial charge in [-0.2, -0.15) is 0 Å². The number of esters is 1. The van der Waals surface area contributed by atoms with Crippen LogP contribution >= 0.6 is 11.6 Å². The van der Waals surface area contributed by atoms with E-state index in [0.717, 1.165) is 5.56 Å². The lowest BCUT2D eigenvalue weighted by molar-refractivity contribution is 0.0595. The summed E-state index contributed by atoms with van der Waals surface area (Å²) in [6, 6.07) is 6.91. The summed E-state index contributed by atoms with van der Waals surface area (Å²) < 4.78 is 6.12. The van der Waals surface area contributed by atoms with E-state index in [1.807, 2.05) is 0 Å². The highest BCUT2D eigenvalue weighted by Gasteiger charge is 2.21. The smallest absolute Gasteiger partial charge is 0.360 e. The van der Waals surface area contributed by atoms with Gasteiger partial charge in [-0.05, 0) is 12.1 Å². The van der Waals surface area contributed by atoms with E-state index in [1.165, 1.54) is 11.8 Å². The van der Waals surface area contributed by atoms with Crippen LogP contribution in [0, 0.1) is 0 Å². The quantitative estimate of drug-likeness (QED) is 0.857. The molecule has 0 amide bonds. The van der Waals surface area contributed by atoms with Crippen molar-refractivity contribution in [2.45, 2.75) is 6.54 Å². The average molecular weight is 282 g/mol. The van der Waals surface area contributed by atoms with Gasteiger partial charge < -0.3 is 9.84 Å². The molecule has 1 N–H and O–H groups in total. The summed E-state index contributed by atoms with van der Waals surface area (Å²) in [7, 11) is 1.28. The second-order valence-corrected chi connectivity index (χ2v) is 4.17. The third-order valence-electron chi connectivity index (χ3n) is 2.54. The number of aromatic nitrogens is 3. The lowest BCUT2D eigenvalue weighted by atomic mass is 10.1. The first-order valence-electron chi connectivity index (χ1n) is 5.56. The third-order valence-corrected chi connectivity index (χ3v) is 2.80. The summed E-state index contributed by atoms with van der Waals surface area (Å²) >= 11 is 5.83. The molecule has 0 unspecified atom stereocenters. The zero-order valence-electron chi connectivity index (χ0n) is 10.2. The van der Waals surface area contributed by atoms with E-state index in [0.29, 0.717) is 10.7 Å². The maximum Gasteiger partial charge on any atom is 0.360 e. The molecule has 0 spiro atoms. The Bertz CT molecular complexity index is 580. The highest BCUT2D eigenvalue weighted by atomic mass is 35.5. The first-order valence-corrected chi connectivity index (χ1v) is 5.93. The number of hydrogen-bond donors (Lipinski definition) is 1. The van der Waals surface area contributed by atoms with E-state index in [4.69, 9.17) is 16.7 Å². The van der Waals surface area contributed by atoms with Crippen LogP contribution in [0.25, 0.3) is 11.3 Å². The predicted octanol–water partition coefficient (Wildman–Crippen LogP) is 1.38. The number of nitrogens with zero attached hydrogens (tertiary/aromatic N) is 3. The third kappa shape index (κ3) is 2.74. The van der Waals surface area contributed by atoms with Crippen LogP contribution in [0.1, 0.15) is 10.5 Å². The lowest BCUT2D eigenvalue weighted by Crippen LogP contribution is -2.08. The number of halogens is 1. The molecule has 0 aliphatic rings. The number of aliphatic hydroxyl groups is 1. The SMILES string of the molecule is COC(=O)c1nnn(CCO)c1-c1ccc(Cl)cc1. The maximum atomic E-state index is 11.7. The zero-order valence-corrected chi connectivity index (χ0v) is 11.0. The highest BCUT2D eigenvalue weighted by Crippen LogP contribution is 2.24. The molecule has 7 heteroatoms. The van der Waals surface area contributed by atoms with Crippen LogP contribution in [0.3, 0.4) is 0 Å². The second kappa shape index (κ2) is 5.81. The number of ether oxygens (including phenoxy) is 1. The average Bonchev–Trinajstić information content (AvgIpc) is 2.83. The van der Waals surface area contributed by atoms with Crippen molar-refractivity contribution in [2.24, 2.45) is 0 Å². The van der Waals surface area contributed by atoms with Gasteiger partial charge in [0, 0.05) is 10.6 Å². The summed E-state index contributed by atoms with van der Waals surface area (Å²) in [4.78, 5) is 11.7. The predicted molar refractivity (Wildman–Crippen MR) is 68.9 cm³/mol. The molecule has 19 heavy (non-hydrogen) atoms. The molecular weight excluding hydrogens is 270 g/mol. The molecule has 0 saturated heterocycles. The Labute approximate surface area is 114 Å². The number of carbonyl (C=O) groups excluding carboxylic acids is 1. The first-order chi connectivity index (χ1) is 9.17. The van der Waals surface area contributed by atoms with Gasteiger partial charge in [-0.25, -0.2) is 9.48 Å². The molecule has 2 aromatic rings. The lowest BCUT2D eigenvalue weighted by Gasteiger charge is -2.06. The number of carbonyl (C=O) groups is 1. The summed E-state index contributed by atoms with van der Waals surface area (Å²) in [5.74, 6) is -0.575. The molecule has 0 saturated carbocycles. The van der Waals surface area contributed by atoms with Gasteiger partial charge in [-0.3, -0.25) is 0 Å². The van der Waals surface area contributed by atoms with Crippen LogP contribution in [0.4, 0.5) is 0 Å². The van der Waals surface area contributed by atoms with E-state index in [1.54, 1.807) is 24.3 Å². The van der Waals surface area contributed by atoms with Gasteiger partial charge in [0.25, 0.3) is 0 Å². The maximum absolute atomic E-state index is 11.7. The summed E-state index contributed by atoms with van der Waals surface area (Å²) in [5.41, 5.74) is 1.33. The van der Waals surface area contributed by atoms with Crippen molar-refractivity contribution in [3.63, 3.8) is 0 Å². The first kappa shape index (κ1) is 13.5. The van der Waals surface area contributed by atoms with Gasteiger partial charge in [0.15, 0.2) is 5.69 Å². The molecule has 0 atom stereocenters. The standard InChI is InChI=1S/C12H12ClN3O3/c1-19-12(18)10-11(16(6-7-17)15-14-10)8-2-4-9(13)5-3-8/h2-5,17H,6-7H2,1H3. The Morgan fingerprint density at radius 2 is 2.11 bits per heavy atom. The van der Waals surface area contributed by atoms with Gasteiger partial charge in [-0.15, -0.1) is 5.10 Å². The van der Waals surface area contributed by atoms with Crippen molar-refractivity contribution in [3.05, 3.63) is 35.0 Å². The fraction of sp³-hybridized carbons (Fsp3) is 0.250. The number of methoxy groups -OCH3 is 1. The molecule has 0 radical (unpaired) electrons. The number of benzene rings is 1. The van der Waals surface area contributed by atoms with Crippen LogP contribution in [-0.4, -0.2) is 39.8 Å². The van der Waals surface area contributed by atoms with E-state index >= 15 is 0 Å². The van der Waals surface area contributed by atoms with Crippen LogP contribution in [0.15, 0.2) is 24.3 Å². The number of hydrogen-bond acceptors (Lipinski definition) is 5. The van der Waals surface area contributed by atoms with Crippen LogP contribution in [-0.2, 0) is 11.3 Å². The molecule has 6 nitrogen and oxygen atoms in total. The topological polar surface area (TPSA) is 77.2 Å². The van der Waals surface area contributed by atoms with Crippen molar-refractivity contribution >= 4 is 17.6 Å². The van der Waals surface area contributed by atoms with Crippen LogP contribution < -0.4 is 0 Å². The summed E-state index contributed by atoms with van der Waals surface area (Å²) in [6.07, 6.45) is 0. The van der Waals surface area contributed by atoms with Crippen LogP contribution in [0.2, 0.25) is 5.02 Å². The zero-order chi connectivity index (χ0) is 13.8. The fourth-order valence-electron chi connectivity index (χ4n) is 1.69. The van der Waals surface area contributed by atoms with Gasteiger partial charge in [-0.1, -0.05) is 28.9 Å². The van der Waals surface area contributed by atoms with E-state index in [-0.39, 0.29) is 18.8 Å². The molecular formula is C12H12ClN3O3. The van der Waals surface area contributed by atoms with Crippen molar-refractivity contribution in [3.8, 4) is 11.3 Å². The van der Waals surface area contributed by atoms with Gasteiger partial charge in [0.2, 0.25) is 0 Å². The Balaban J connectivity index is 2.54. The fourth-order valence-corrected chi connectivity index (χ4v) is 1.82. The Kier molecular flexibility index (Phi) is 4.13. The monoisotopic (exact) mass is 281 g/mol. The normalized spacial score (nSPS) is 10.5. The Morgan fingerprint density at radius 3 is 2.68 bits per heavy atom. The van der Waals surface area contributed by atoms with Crippen LogP contribution in [0.5, 0.6) is 0 Å². The molecule has 0 bridgehead atoms. The Hall–Kier alpha value is -1.92. The molecule has 0 aliphatic heterocycles. The van der Waals surface area contributed by atoms with E-state index in [2.05, 4.69) is 15.0 Å². The molecule has 0 aliphatic carbocycles. The number of aliphatic hydroxyl groups excluding tert-OH is 1. The highest BCUT2D eigenvalue weighted by molar-refractivity contribution is 6.30. The minimum absolute atomic E-state index is 0.107. The minimum Gasteiger partial charge on any atom is -0.464 e. The van der Waals surface area contributed by atoms with Gasteiger partial charge in [0.1, 0.15) is 5.69 Å². The number of rotatable bonds is 4. The molecule has 1 aromatic carbocycles. The van der Waals surface area contributed by atoms with Gasteiger partial charge >= 0.3 is 5.97 Å². The Morgan fingerprint density at radius 1 is 1.42 bits per heavy atom. The molecule has 1 aromatic heterocycles. The second-order valence-electron chi connectivity index (χ2n) is 3.73. The van der Waals surface area contributed by atoms with E-state index in [9.17, 15) is 4.79 Å². The minimum atomic E-state index is -0.575. The summed E-state index contributed by atoms with van der Waals surface area (Å²) in [5, 5.41) is 17.2. The molecule has 0 fully saturated rings. The van der Waals surface area contributed by atoms with Crippen molar-refractivity contribution in [1.82, 2.24) is 15.0 Å². The largest absolute Gasteiger partial charge is 0.464 e. The van der Waals surface area contributed by atoms with Crippen molar-refractivity contribution in [2.75, 3.05) is 13.7 Å². The molecule has 2 rings (SSSR count). The molecule has 100 valence electrons. The van der Waals surface area contributed by atoms with Gasteiger partial charge in [0.05, 0.1) is 20.3 Å².